The quantitative estimate of drug-likeness (QED) is 0.566. The largest absolute Gasteiger partial charge is 0.355 e. The molecule has 0 spiro atoms. The maximum Gasteiger partial charge on any atom is 0.230 e. The molecule has 0 atom stereocenters. The Morgan fingerprint density at radius 1 is 1.07 bits per heavy atom. The molecular weight excluding hydrogens is 394 g/mol. The number of benzene rings is 2. The number of carbonyl (C=O) groups excluding carboxylic acids is 1. The predicted molar refractivity (Wildman–Crippen MR) is 108 cm³/mol. The Hall–Kier alpha value is -2.74. The molecule has 0 bridgehead atoms. The molecule has 1 fully saturated rings. The molecule has 2 aromatic carbocycles. The van der Waals surface area contributed by atoms with Gasteiger partial charge in [-0.3, -0.25) is 9.36 Å². The van der Waals surface area contributed by atoms with Crippen LogP contribution in [0, 0.1) is 11.6 Å². The first-order chi connectivity index (χ1) is 14.1. The summed E-state index contributed by atoms with van der Waals surface area (Å²) < 4.78 is 29.7. The summed E-state index contributed by atoms with van der Waals surface area (Å²) in [6, 6.07) is 13.3. The van der Waals surface area contributed by atoms with Crippen molar-refractivity contribution in [3.63, 3.8) is 0 Å². The van der Waals surface area contributed by atoms with E-state index in [0.717, 1.165) is 12.8 Å². The van der Waals surface area contributed by atoms with E-state index < -0.39 is 0 Å². The van der Waals surface area contributed by atoms with Gasteiger partial charge in [0.05, 0.1) is 11.3 Å². The SMILES string of the molecule is O=C(CSc1nnc(-c2ccccc2F)n1C1CC1)NCCc1ccccc1F. The van der Waals surface area contributed by atoms with Crippen LogP contribution >= 0.6 is 11.8 Å². The van der Waals surface area contributed by atoms with Gasteiger partial charge in [0.1, 0.15) is 11.6 Å². The van der Waals surface area contributed by atoms with E-state index in [1.54, 1.807) is 36.4 Å². The normalized spacial score (nSPS) is 13.4. The highest BCUT2D eigenvalue weighted by Gasteiger charge is 2.31. The smallest absolute Gasteiger partial charge is 0.230 e. The number of halogens is 2. The van der Waals surface area contributed by atoms with Crippen LogP contribution < -0.4 is 5.32 Å². The minimum absolute atomic E-state index is 0.163. The van der Waals surface area contributed by atoms with Crippen LogP contribution in [-0.2, 0) is 11.2 Å². The highest BCUT2D eigenvalue weighted by atomic mass is 32.2. The molecule has 150 valence electrons. The van der Waals surface area contributed by atoms with E-state index in [2.05, 4.69) is 15.5 Å². The third-order valence-corrected chi connectivity index (χ3v) is 5.64. The van der Waals surface area contributed by atoms with Gasteiger partial charge in [0.15, 0.2) is 11.0 Å². The fourth-order valence-corrected chi connectivity index (χ4v) is 3.92. The molecule has 1 aliphatic carbocycles. The number of rotatable bonds is 8. The maximum absolute atomic E-state index is 14.2. The first-order valence-corrected chi connectivity index (χ1v) is 10.4. The standard InChI is InChI=1S/C21H20F2N4OS/c22-17-7-3-1-5-14(17)11-12-24-19(28)13-29-21-26-25-20(27(21)15-9-10-15)16-6-2-4-8-18(16)23/h1-8,15H,9-13H2,(H,24,28). The van der Waals surface area contributed by atoms with Crippen molar-refractivity contribution in [2.45, 2.75) is 30.5 Å². The highest BCUT2D eigenvalue weighted by Crippen LogP contribution is 2.41. The third-order valence-electron chi connectivity index (χ3n) is 4.70. The summed E-state index contributed by atoms with van der Waals surface area (Å²) in [6.45, 7) is 0.357. The van der Waals surface area contributed by atoms with E-state index in [1.807, 2.05) is 4.57 Å². The van der Waals surface area contributed by atoms with Gasteiger partial charge in [0.2, 0.25) is 5.91 Å². The van der Waals surface area contributed by atoms with Crippen molar-refractivity contribution in [1.29, 1.82) is 0 Å². The maximum atomic E-state index is 14.2. The second-order valence-corrected chi connectivity index (χ2v) is 7.81. The minimum atomic E-state index is -0.343. The van der Waals surface area contributed by atoms with Crippen LogP contribution in [0.3, 0.4) is 0 Å². The predicted octanol–water partition coefficient (Wildman–Crippen LogP) is 4.01. The van der Waals surface area contributed by atoms with Gasteiger partial charge in [-0.05, 0) is 43.0 Å². The Morgan fingerprint density at radius 2 is 1.79 bits per heavy atom. The van der Waals surface area contributed by atoms with Crippen LogP contribution in [0.15, 0.2) is 53.7 Å². The van der Waals surface area contributed by atoms with Gasteiger partial charge in [0, 0.05) is 12.6 Å². The number of aromatic nitrogens is 3. The Kier molecular flexibility index (Phi) is 5.89. The number of thioether (sulfide) groups is 1. The summed E-state index contributed by atoms with van der Waals surface area (Å²) in [4.78, 5) is 12.2. The molecule has 0 saturated heterocycles. The van der Waals surface area contributed by atoms with Gasteiger partial charge >= 0.3 is 0 Å². The van der Waals surface area contributed by atoms with Crippen LogP contribution in [0.25, 0.3) is 11.4 Å². The molecule has 1 N–H and O–H groups in total. The van der Waals surface area contributed by atoms with Gasteiger partial charge in [-0.15, -0.1) is 10.2 Å². The van der Waals surface area contributed by atoms with Crippen molar-refractivity contribution in [1.82, 2.24) is 20.1 Å². The van der Waals surface area contributed by atoms with Gasteiger partial charge in [0.25, 0.3) is 0 Å². The molecule has 0 unspecified atom stereocenters. The molecule has 4 rings (SSSR count). The fourth-order valence-electron chi connectivity index (χ4n) is 3.08. The lowest BCUT2D eigenvalue weighted by atomic mass is 10.1. The Morgan fingerprint density at radius 3 is 2.52 bits per heavy atom. The summed E-state index contributed by atoms with van der Waals surface area (Å²) in [7, 11) is 0. The van der Waals surface area contributed by atoms with E-state index in [9.17, 15) is 13.6 Å². The number of nitrogens with zero attached hydrogens (tertiary/aromatic N) is 3. The van der Waals surface area contributed by atoms with E-state index in [1.165, 1.54) is 23.9 Å². The Balaban J connectivity index is 1.37. The molecule has 1 heterocycles. The van der Waals surface area contributed by atoms with Crippen molar-refractivity contribution in [2.75, 3.05) is 12.3 Å². The first kappa shape index (κ1) is 19.6. The average molecular weight is 414 g/mol. The molecule has 1 aliphatic rings. The lowest BCUT2D eigenvalue weighted by Gasteiger charge is -2.09. The molecular formula is C21H20F2N4OS. The van der Waals surface area contributed by atoms with E-state index in [4.69, 9.17) is 0 Å². The van der Waals surface area contributed by atoms with Crippen LogP contribution in [0.4, 0.5) is 8.78 Å². The second kappa shape index (κ2) is 8.73. The zero-order valence-corrected chi connectivity index (χ0v) is 16.5. The summed E-state index contributed by atoms with van der Waals surface area (Å²) in [5.41, 5.74) is 0.983. The third kappa shape index (κ3) is 4.64. The number of hydrogen-bond acceptors (Lipinski definition) is 4. The molecule has 1 amide bonds. The summed E-state index contributed by atoms with van der Waals surface area (Å²) in [6.07, 6.45) is 2.41. The van der Waals surface area contributed by atoms with Crippen molar-refractivity contribution >= 4 is 17.7 Å². The zero-order chi connectivity index (χ0) is 20.2. The molecule has 3 aromatic rings. The first-order valence-electron chi connectivity index (χ1n) is 9.46. The monoisotopic (exact) mass is 414 g/mol. The Bertz CT molecular complexity index is 1020. The van der Waals surface area contributed by atoms with Crippen molar-refractivity contribution in [3.05, 3.63) is 65.7 Å². The van der Waals surface area contributed by atoms with Crippen LogP contribution in [0.1, 0.15) is 24.4 Å². The second-order valence-electron chi connectivity index (χ2n) is 6.87. The number of amides is 1. The van der Waals surface area contributed by atoms with Crippen molar-refractivity contribution in [3.8, 4) is 11.4 Å². The minimum Gasteiger partial charge on any atom is -0.355 e. The Labute approximate surface area is 171 Å². The molecule has 1 aromatic heterocycles. The molecule has 29 heavy (non-hydrogen) atoms. The van der Waals surface area contributed by atoms with E-state index >= 15 is 0 Å². The van der Waals surface area contributed by atoms with E-state index in [-0.39, 0.29) is 29.3 Å². The fraction of sp³-hybridized carbons (Fsp3) is 0.286. The lowest BCUT2D eigenvalue weighted by Crippen LogP contribution is -2.27. The van der Waals surface area contributed by atoms with Crippen molar-refractivity contribution < 1.29 is 13.6 Å². The number of nitrogens with one attached hydrogen (secondary N) is 1. The van der Waals surface area contributed by atoms with Crippen LogP contribution in [0.2, 0.25) is 0 Å². The zero-order valence-electron chi connectivity index (χ0n) is 15.6. The van der Waals surface area contributed by atoms with Crippen molar-refractivity contribution in [2.24, 2.45) is 0 Å². The van der Waals surface area contributed by atoms with Crippen LogP contribution in [-0.4, -0.2) is 33.0 Å². The molecule has 5 nitrogen and oxygen atoms in total. The molecule has 0 aliphatic heterocycles. The highest BCUT2D eigenvalue weighted by molar-refractivity contribution is 7.99. The number of carbonyl (C=O) groups is 1. The van der Waals surface area contributed by atoms with Gasteiger partial charge in [-0.25, -0.2) is 8.78 Å². The summed E-state index contributed by atoms with van der Waals surface area (Å²) in [5.74, 6) is -0.116. The summed E-state index contributed by atoms with van der Waals surface area (Å²) in [5, 5.41) is 11.8. The average Bonchev–Trinajstić information content (AvgIpc) is 3.47. The summed E-state index contributed by atoms with van der Waals surface area (Å²) >= 11 is 1.28. The molecule has 1 saturated carbocycles. The van der Waals surface area contributed by atoms with Gasteiger partial charge < -0.3 is 5.32 Å². The van der Waals surface area contributed by atoms with Crippen LogP contribution in [0.5, 0.6) is 0 Å². The molecule has 0 radical (unpaired) electrons. The molecule has 8 heteroatoms. The van der Waals surface area contributed by atoms with E-state index in [0.29, 0.717) is 35.1 Å². The lowest BCUT2D eigenvalue weighted by molar-refractivity contribution is -0.118. The number of hydrogen-bond donors (Lipinski definition) is 1. The van der Waals surface area contributed by atoms with Gasteiger partial charge in [-0.1, -0.05) is 42.1 Å². The van der Waals surface area contributed by atoms with Gasteiger partial charge in [-0.2, -0.15) is 0 Å². The topological polar surface area (TPSA) is 59.8 Å².